The van der Waals surface area contributed by atoms with Gasteiger partial charge in [0.2, 0.25) is 0 Å². The lowest BCUT2D eigenvalue weighted by atomic mass is 10.2. The molecule has 2 aromatic rings. The Hall–Kier alpha value is -1.69. The third-order valence-corrected chi connectivity index (χ3v) is 3.91. The number of fused-ring (bicyclic) bond motifs is 1. The monoisotopic (exact) mass is 289 g/mol. The maximum atomic E-state index is 5.67. The molecule has 1 atom stereocenters. The molecule has 0 spiro atoms. The van der Waals surface area contributed by atoms with E-state index in [1.54, 1.807) is 0 Å². The predicted octanol–water partition coefficient (Wildman–Crippen LogP) is 2.39. The molecule has 6 nitrogen and oxygen atoms in total. The third-order valence-electron chi connectivity index (χ3n) is 3.91. The Labute approximate surface area is 124 Å². The summed E-state index contributed by atoms with van der Waals surface area (Å²) in [5, 5.41) is 7.92. The van der Waals surface area contributed by atoms with Crippen molar-refractivity contribution in [1.29, 1.82) is 0 Å². The molecule has 0 bridgehead atoms. The van der Waals surface area contributed by atoms with E-state index in [9.17, 15) is 0 Å². The van der Waals surface area contributed by atoms with Gasteiger partial charge in [0, 0.05) is 26.1 Å². The largest absolute Gasteiger partial charge is 0.376 e. The predicted molar refractivity (Wildman–Crippen MR) is 82.6 cm³/mol. The van der Waals surface area contributed by atoms with E-state index in [0.29, 0.717) is 0 Å². The van der Waals surface area contributed by atoms with Crippen LogP contribution in [0.1, 0.15) is 44.1 Å². The lowest BCUT2D eigenvalue weighted by Crippen LogP contribution is -2.20. The van der Waals surface area contributed by atoms with Crippen LogP contribution in [0.25, 0.3) is 11.0 Å². The number of hydrogen-bond acceptors (Lipinski definition) is 5. The quantitative estimate of drug-likeness (QED) is 0.936. The second-order valence-electron chi connectivity index (χ2n) is 6.01. The van der Waals surface area contributed by atoms with Crippen LogP contribution in [0.15, 0.2) is 0 Å². The second-order valence-corrected chi connectivity index (χ2v) is 6.01. The SMILES string of the molecule is Cc1nn(C)c2c(NCC3CCCO3)nc(C(C)C)nc12. The fourth-order valence-electron chi connectivity index (χ4n) is 2.75. The molecule has 0 amide bonds. The van der Waals surface area contributed by atoms with Crippen molar-refractivity contribution in [2.75, 3.05) is 18.5 Å². The Bertz CT molecular complexity index is 643. The first-order valence-electron chi connectivity index (χ1n) is 7.63. The molecule has 0 saturated carbocycles. The molecule has 2 aromatic heterocycles. The summed E-state index contributed by atoms with van der Waals surface area (Å²) in [5.74, 6) is 2.01. The number of hydrogen-bond donors (Lipinski definition) is 1. The number of nitrogens with zero attached hydrogens (tertiary/aromatic N) is 4. The van der Waals surface area contributed by atoms with Crippen LogP contribution in [-0.2, 0) is 11.8 Å². The Morgan fingerprint density at radius 3 is 2.86 bits per heavy atom. The van der Waals surface area contributed by atoms with Gasteiger partial charge in [-0.25, -0.2) is 9.97 Å². The van der Waals surface area contributed by atoms with Gasteiger partial charge in [0.25, 0.3) is 0 Å². The van der Waals surface area contributed by atoms with Gasteiger partial charge in [0.15, 0.2) is 5.82 Å². The normalized spacial score (nSPS) is 18.8. The molecular formula is C15H23N5O. The minimum absolute atomic E-state index is 0.284. The molecule has 0 aromatic carbocycles. The van der Waals surface area contributed by atoms with Gasteiger partial charge in [-0.15, -0.1) is 0 Å². The number of aryl methyl sites for hydroxylation is 2. The summed E-state index contributed by atoms with van der Waals surface area (Å²) < 4.78 is 7.53. The number of ether oxygens (including phenoxy) is 1. The number of aromatic nitrogens is 4. The van der Waals surface area contributed by atoms with Crippen LogP contribution in [0.2, 0.25) is 0 Å². The highest BCUT2D eigenvalue weighted by Crippen LogP contribution is 2.25. The van der Waals surface area contributed by atoms with E-state index in [1.165, 1.54) is 0 Å². The lowest BCUT2D eigenvalue weighted by Gasteiger charge is -2.14. The van der Waals surface area contributed by atoms with Crippen molar-refractivity contribution in [3.63, 3.8) is 0 Å². The molecule has 3 rings (SSSR count). The average molecular weight is 289 g/mol. The van der Waals surface area contributed by atoms with Gasteiger partial charge in [-0.3, -0.25) is 4.68 Å². The zero-order chi connectivity index (χ0) is 15.0. The molecular weight excluding hydrogens is 266 g/mol. The first-order chi connectivity index (χ1) is 10.1. The van der Waals surface area contributed by atoms with Crippen LogP contribution in [0.3, 0.4) is 0 Å². The standard InChI is InChI=1S/C15H23N5O/c1-9(2)14-17-12-10(3)19-20(4)13(12)15(18-14)16-8-11-6-5-7-21-11/h9,11H,5-8H2,1-4H3,(H,16,17,18). The van der Waals surface area contributed by atoms with E-state index in [2.05, 4.69) is 29.2 Å². The van der Waals surface area contributed by atoms with E-state index in [-0.39, 0.29) is 12.0 Å². The number of rotatable bonds is 4. The Morgan fingerprint density at radius 2 is 2.19 bits per heavy atom. The average Bonchev–Trinajstić information content (AvgIpc) is 3.05. The van der Waals surface area contributed by atoms with Crippen molar-refractivity contribution in [2.24, 2.45) is 7.05 Å². The smallest absolute Gasteiger partial charge is 0.156 e. The zero-order valence-corrected chi connectivity index (χ0v) is 13.2. The summed E-state index contributed by atoms with van der Waals surface area (Å²) in [7, 11) is 1.94. The van der Waals surface area contributed by atoms with E-state index in [1.807, 2.05) is 18.7 Å². The number of nitrogens with one attached hydrogen (secondary N) is 1. The van der Waals surface area contributed by atoms with Crippen molar-refractivity contribution >= 4 is 16.9 Å². The van der Waals surface area contributed by atoms with Crippen molar-refractivity contribution in [1.82, 2.24) is 19.7 Å². The van der Waals surface area contributed by atoms with Crippen LogP contribution in [0.4, 0.5) is 5.82 Å². The highest BCUT2D eigenvalue weighted by Gasteiger charge is 2.19. The molecule has 1 N–H and O–H groups in total. The van der Waals surface area contributed by atoms with Gasteiger partial charge >= 0.3 is 0 Å². The summed E-state index contributed by atoms with van der Waals surface area (Å²) >= 11 is 0. The molecule has 1 aliphatic heterocycles. The summed E-state index contributed by atoms with van der Waals surface area (Å²) in [5.41, 5.74) is 2.85. The molecule has 1 aliphatic rings. The van der Waals surface area contributed by atoms with Crippen molar-refractivity contribution in [2.45, 2.75) is 45.6 Å². The molecule has 3 heterocycles. The first kappa shape index (κ1) is 14.3. The van der Waals surface area contributed by atoms with Crippen LogP contribution in [-0.4, -0.2) is 39.0 Å². The highest BCUT2D eigenvalue weighted by atomic mass is 16.5. The van der Waals surface area contributed by atoms with Crippen LogP contribution < -0.4 is 5.32 Å². The molecule has 1 saturated heterocycles. The summed E-state index contributed by atoms with van der Waals surface area (Å²) in [6.07, 6.45) is 2.54. The van der Waals surface area contributed by atoms with Crippen LogP contribution in [0.5, 0.6) is 0 Å². The van der Waals surface area contributed by atoms with E-state index < -0.39 is 0 Å². The first-order valence-corrected chi connectivity index (χ1v) is 7.63. The van der Waals surface area contributed by atoms with Gasteiger partial charge in [-0.1, -0.05) is 13.8 Å². The van der Waals surface area contributed by atoms with Gasteiger partial charge in [0.05, 0.1) is 11.8 Å². The molecule has 0 aliphatic carbocycles. The van der Waals surface area contributed by atoms with Gasteiger partial charge in [-0.2, -0.15) is 5.10 Å². The number of anilines is 1. The Balaban J connectivity index is 1.97. The van der Waals surface area contributed by atoms with Gasteiger partial charge < -0.3 is 10.1 Å². The van der Waals surface area contributed by atoms with E-state index in [0.717, 1.165) is 54.4 Å². The maximum Gasteiger partial charge on any atom is 0.156 e. The molecule has 6 heteroatoms. The molecule has 21 heavy (non-hydrogen) atoms. The van der Waals surface area contributed by atoms with Crippen molar-refractivity contribution < 1.29 is 4.74 Å². The molecule has 1 unspecified atom stereocenters. The van der Waals surface area contributed by atoms with Crippen LogP contribution >= 0.6 is 0 Å². The lowest BCUT2D eigenvalue weighted by molar-refractivity contribution is 0.120. The van der Waals surface area contributed by atoms with Crippen LogP contribution in [0, 0.1) is 6.92 Å². The van der Waals surface area contributed by atoms with Crippen molar-refractivity contribution in [3.8, 4) is 0 Å². The minimum Gasteiger partial charge on any atom is -0.376 e. The third kappa shape index (κ3) is 2.72. The fraction of sp³-hybridized carbons (Fsp3) is 0.667. The maximum absolute atomic E-state index is 5.67. The van der Waals surface area contributed by atoms with E-state index in [4.69, 9.17) is 9.72 Å². The Kier molecular flexibility index (Phi) is 3.80. The molecule has 0 radical (unpaired) electrons. The molecule has 114 valence electrons. The van der Waals surface area contributed by atoms with E-state index >= 15 is 0 Å². The fourth-order valence-corrected chi connectivity index (χ4v) is 2.75. The van der Waals surface area contributed by atoms with Crippen molar-refractivity contribution in [3.05, 3.63) is 11.5 Å². The summed E-state index contributed by atoms with van der Waals surface area (Å²) in [4.78, 5) is 9.37. The van der Waals surface area contributed by atoms with Gasteiger partial charge in [0.1, 0.15) is 16.9 Å². The highest BCUT2D eigenvalue weighted by molar-refractivity contribution is 5.87. The minimum atomic E-state index is 0.284. The zero-order valence-electron chi connectivity index (χ0n) is 13.2. The summed E-state index contributed by atoms with van der Waals surface area (Å²) in [6.45, 7) is 7.86. The van der Waals surface area contributed by atoms with Gasteiger partial charge in [-0.05, 0) is 19.8 Å². The summed E-state index contributed by atoms with van der Waals surface area (Å²) in [6, 6.07) is 0. The second kappa shape index (κ2) is 5.60. The topological polar surface area (TPSA) is 64.9 Å². The molecule has 1 fully saturated rings. The Morgan fingerprint density at radius 1 is 1.38 bits per heavy atom.